The maximum Gasteiger partial charge on any atom is 0.270 e. The first-order valence-electron chi connectivity index (χ1n) is 7.99. The van der Waals surface area contributed by atoms with Gasteiger partial charge >= 0.3 is 0 Å². The van der Waals surface area contributed by atoms with Crippen molar-refractivity contribution in [3.05, 3.63) is 24.0 Å². The van der Waals surface area contributed by atoms with Gasteiger partial charge in [-0.1, -0.05) is 6.42 Å². The molecule has 2 aliphatic rings. The predicted octanol–water partition coefficient (Wildman–Crippen LogP) is 2.25. The van der Waals surface area contributed by atoms with Crippen LogP contribution in [0.2, 0.25) is 0 Å². The molecule has 0 aromatic carbocycles. The number of hydrogen-bond donors (Lipinski definition) is 1. The van der Waals surface area contributed by atoms with E-state index in [9.17, 15) is 4.79 Å². The molecule has 1 unspecified atom stereocenters. The summed E-state index contributed by atoms with van der Waals surface area (Å²) in [5.74, 6) is 0.215. The Hall–Kier alpha value is -1.29. The van der Waals surface area contributed by atoms with Crippen molar-refractivity contribution in [1.29, 1.82) is 0 Å². The van der Waals surface area contributed by atoms with E-state index in [4.69, 9.17) is 0 Å². The molecule has 0 radical (unpaired) electrons. The molecule has 1 aromatic heterocycles. The van der Waals surface area contributed by atoms with Crippen LogP contribution in [0, 0.1) is 0 Å². The van der Waals surface area contributed by atoms with Crippen LogP contribution in [-0.4, -0.2) is 40.5 Å². The monoisotopic (exact) mass is 275 g/mol. The molecule has 1 aliphatic carbocycles. The zero-order chi connectivity index (χ0) is 13.9. The van der Waals surface area contributed by atoms with Crippen LogP contribution in [0.3, 0.4) is 0 Å². The van der Waals surface area contributed by atoms with Crippen molar-refractivity contribution in [2.75, 3.05) is 13.1 Å². The quantitative estimate of drug-likeness (QED) is 0.895. The van der Waals surface area contributed by atoms with Gasteiger partial charge < -0.3 is 14.8 Å². The van der Waals surface area contributed by atoms with Gasteiger partial charge in [0.25, 0.3) is 5.91 Å². The largest absolute Gasteiger partial charge is 0.344 e. The van der Waals surface area contributed by atoms with Gasteiger partial charge in [0.1, 0.15) is 5.69 Å². The minimum atomic E-state index is 0.215. The van der Waals surface area contributed by atoms with Gasteiger partial charge in [-0.15, -0.1) is 0 Å². The van der Waals surface area contributed by atoms with Gasteiger partial charge in [0.05, 0.1) is 0 Å². The van der Waals surface area contributed by atoms with E-state index in [1.54, 1.807) is 0 Å². The summed E-state index contributed by atoms with van der Waals surface area (Å²) in [7, 11) is 0. The smallest absolute Gasteiger partial charge is 0.270 e. The normalized spacial score (nSPS) is 22.8. The number of rotatable bonds is 5. The molecular formula is C16H25N3O. The lowest BCUT2D eigenvalue weighted by Gasteiger charge is -2.31. The summed E-state index contributed by atoms with van der Waals surface area (Å²) in [6.07, 6.45) is 8.10. The Morgan fingerprint density at radius 2 is 2.25 bits per heavy atom. The molecule has 1 N–H and O–H groups in total. The second-order valence-electron chi connectivity index (χ2n) is 6.01. The lowest BCUT2D eigenvalue weighted by molar-refractivity contribution is 0.0707. The number of piperidine rings is 1. The van der Waals surface area contributed by atoms with Crippen LogP contribution in [0.4, 0.5) is 0 Å². The molecule has 110 valence electrons. The maximum atomic E-state index is 12.8. The van der Waals surface area contributed by atoms with E-state index in [1.165, 1.54) is 32.1 Å². The van der Waals surface area contributed by atoms with Crippen LogP contribution in [0.25, 0.3) is 0 Å². The fraction of sp³-hybridized carbons (Fsp3) is 0.688. The lowest BCUT2D eigenvalue weighted by atomic mass is 10.0. The zero-order valence-corrected chi connectivity index (χ0v) is 12.3. The molecule has 1 saturated carbocycles. The van der Waals surface area contributed by atoms with E-state index in [0.29, 0.717) is 12.1 Å². The second-order valence-corrected chi connectivity index (χ2v) is 6.01. The Morgan fingerprint density at radius 1 is 1.40 bits per heavy atom. The third-order valence-corrected chi connectivity index (χ3v) is 4.47. The van der Waals surface area contributed by atoms with Crippen LogP contribution >= 0.6 is 0 Å². The first kappa shape index (κ1) is 13.7. The number of carbonyl (C=O) groups is 1. The van der Waals surface area contributed by atoms with Crippen molar-refractivity contribution in [1.82, 2.24) is 14.8 Å². The highest BCUT2D eigenvalue weighted by Gasteiger charge is 2.35. The first-order chi connectivity index (χ1) is 9.79. The van der Waals surface area contributed by atoms with Gasteiger partial charge in [0.15, 0.2) is 0 Å². The molecule has 4 heteroatoms. The summed E-state index contributed by atoms with van der Waals surface area (Å²) in [6, 6.07) is 4.89. The van der Waals surface area contributed by atoms with Crippen LogP contribution in [-0.2, 0) is 6.54 Å². The van der Waals surface area contributed by atoms with Crippen molar-refractivity contribution < 1.29 is 4.79 Å². The van der Waals surface area contributed by atoms with Crippen molar-refractivity contribution in [2.24, 2.45) is 0 Å². The molecule has 2 heterocycles. The molecule has 20 heavy (non-hydrogen) atoms. The molecule has 0 bridgehead atoms. The molecule has 1 atom stereocenters. The average molecular weight is 275 g/mol. The Balaban J connectivity index is 1.71. The molecule has 1 saturated heterocycles. The minimum Gasteiger partial charge on any atom is -0.344 e. The standard InChI is InChI=1S/C16H25N3O/c1-2-18-11-5-7-15(18)16(20)19(14-8-9-14)12-13-6-3-4-10-17-13/h5,7,11,13-14,17H,2-4,6,8-10,12H2,1H3. The SMILES string of the molecule is CCn1cccc1C(=O)N(CC1CCCCN1)C1CC1. The fourth-order valence-corrected chi connectivity index (χ4v) is 3.13. The molecule has 0 spiro atoms. The van der Waals surface area contributed by atoms with E-state index in [1.807, 2.05) is 22.9 Å². The lowest BCUT2D eigenvalue weighted by Crippen LogP contribution is -2.47. The van der Waals surface area contributed by atoms with E-state index < -0.39 is 0 Å². The molecule has 1 amide bonds. The summed E-state index contributed by atoms with van der Waals surface area (Å²) < 4.78 is 2.05. The number of carbonyl (C=O) groups excluding carboxylic acids is 1. The van der Waals surface area contributed by atoms with Gasteiger partial charge in [-0.25, -0.2) is 0 Å². The van der Waals surface area contributed by atoms with Crippen LogP contribution in [0.1, 0.15) is 49.5 Å². The van der Waals surface area contributed by atoms with Crippen molar-refractivity contribution >= 4 is 5.91 Å². The summed E-state index contributed by atoms with van der Waals surface area (Å²) in [5.41, 5.74) is 0.843. The highest BCUT2D eigenvalue weighted by Crippen LogP contribution is 2.29. The van der Waals surface area contributed by atoms with Gasteiger partial charge in [-0.2, -0.15) is 0 Å². The molecular weight excluding hydrogens is 250 g/mol. The Morgan fingerprint density at radius 3 is 2.90 bits per heavy atom. The fourth-order valence-electron chi connectivity index (χ4n) is 3.13. The second kappa shape index (κ2) is 6.00. The van der Waals surface area contributed by atoms with Crippen LogP contribution in [0.5, 0.6) is 0 Å². The number of nitrogens with zero attached hydrogens (tertiary/aromatic N) is 2. The zero-order valence-electron chi connectivity index (χ0n) is 12.3. The van der Waals surface area contributed by atoms with Crippen molar-refractivity contribution in [3.8, 4) is 0 Å². The predicted molar refractivity (Wildman–Crippen MR) is 79.8 cm³/mol. The van der Waals surface area contributed by atoms with Crippen LogP contribution < -0.4 is 5.32 Å². The number of aromatic nitrogens is 1. The number of hydrogen-bond acceptors (Lipinski definition) is 2. The Bertz CT molecular complexity index is 458. The summed E-state index contributed by atoms with van der Waals surface area (Å²) in [6.45, 7) is 4.91. The average Bonchev–Trinajstić information content (AvgIpc) is 3.21. The Labute approximate surface area is 121 Å². The molecule has 1 aliphatic heterocycles. The van der Waals surface area contributed by atoms with E-state index in [2.05, 4.69) is 17.1 Å². The third kappa shape index (κ3) is 2.90. The van der Waals surface area contributed by atoms with E-state index in [-0.39, 0.29) is 5.91 Å². The highest BCUT2D eigenvalue weighted by atomic mass is 16.2. The van der Waals surface area contributed by atoms with Crippen LogP contribution in [0.15, 0.2) is 18.3 Å². The third-order valence-electron chi connectivity index (χ3n) is 4.47. The number of nitrogens with one attached hydrogen (secondary N) is 1. The topological polar surface area (TPSA) is 37.3 Å². The molecule has 1 aromatic rings. The van der Waals surface area contributed by atoms with Gasteiger partial charge in [-0.3, -0.25) is 4.79 Å². The Kier molecular flexibility index (Phi) is 4.10. The van der Waals surface area contributed by atoms with Crippen molar-refractivity contribution in [2.45, 2.75) is 57.7 Å². The summed E-state index contributed by atoms with van der Waals surface area (Å²) in [4.78, 5) is 14.9. The molecule has 2 fully saturated rings. The first-order valence-corrected chi connectivity index (χ1v) is 7.99. The van der Waals surface area contributed by atoms with E-state index >= 15 is 0 Å². The molecule has 3 rings (SSSR count). The minimum absolute atomic E-state index is 0.215. The highest BCUT2D eigenvalue weighted by molar-refractivity contribution is 5.93. The maximum absolute atomic E-state index is 12.8. The summed E-state index contributed by atoms with van der Waals surface area (Å²) in [5, 5.41) is 3.56. The number of aryl methyl sites for hydroxylation is 1. The summed E-state index contributed by atoms with van der Waals surface area (Å²) >= 11 is 0. The van der Waals surface area contributed by atoms with Crippen molar-refractivity contribution in [3.63, 3.8) is 0 Å². The van der Waals surface area contributed by atoms with Gasteiger partial charge in [0.2, 0.25) is 0 Å². The number of amides is 1. The van der Waals surface area contributed by atoms with Gasteiger partial charge in [-0.05, 0) is 51.3 Å². The van der Waals surface area contributed by atoms with Gasteiger partial charge in [0, 0.05) is 31.4 Å². The molecule has 4 nitrogen and oxygen atoms in total. The van der Waals surface area contributed by atoms with E-state index in [0.717, 1.165) is 25.3 Å².